The monoisotopic (exact) mass is 484 g/mol. The fourth-order valence-corrected chi connectivity index (χ4v) is 6.91. The van der Waals surface area contributed by atoms with Crippen LogP contribution in [-0.2, 0) is 5.41 Å². The van der Waals surface area contributed by atoms with Crippen molar-refractivity contribution in [2.75, 3.05) is 9.80 Å². The van der Waals surface area contributed by atoms with Crippen LogP contribution < -0.4 is 9.80 Å². The van der Waals surface area contributed by atoms with Gasteiger partial charge in [-0.3, -0.25) is 0 Å². The van der Waals surface area contributed by atoms with E-state index in [4.69, 9.17) is 0 Å². The number of allylic oxidation sites excluding steroid dienone is 1. The highest BCUT2D eigenvalue weighted by atomic mass is 15.4. The first kappa shape index (κ1) is 23.6. The maximum absolute atomic E-state index is 4.16. The smallest absolute Gasteiger partial charge is 0.114 e. The van der Waals surface area contributed by atoms with Crippen molar-refractivity contribution in [3.05, 3.63) is 120 Å². The van der Waals surface area contributed by atoms with Crippen molar-refractivity contribution in [3.8, 4) is 11.1 Å². The molecule has 4 aromatic rings. The summed E-state index contributed by atoms with van der Waals surface area (Å²) in [7, 11) is 0. The number of anilines is 4. The summed E-state index contributed by atoms with van der Waals surface area (Å²) in [4.78, 5) is 5.21. The van der Waals surface area contributed by atoms with Crippen LogP contribution in [0, 0.1) is 26.7 Å². The molecule has 0 aromatic heterocycles. The minimum absolute atomic E-state index is 0.0159. The number of aryl methyl sites for hydroxylation is 3. The fraction of sp³-hybridized carbons (Fsp3) is 0.257. The molecule has 37 heavy (non-hydrogen) atoms. The van der Waals surface area contributed by atoms with Gasteiger partial charge in [0, 0.05) is 22.7 Å². The van der Waals surface area contributed by atoms with Gasteiger partial charge in [0.05, 0.1) is 11.4 Å². The molecular weight excluding hydrogens is 448 g/mol. The van der Waals surface area contributed by atoms with Crippen molar-refractivity contribution in [3.63, 3.8) is 0 Å². The molecule has 2 aliphatic rings. The average Bonchev–Trinajstić information content (AvgIpc) is 3.22. The van der Waals surface area contributed by atoms with Crippen molar-refractivity contribution in [1.29, 1.82) is 0 Å². The van der Waals surface area contributed by atoms with Gasteiger partial charge in [-0.1, -0.05) is 80.6 Å². The molecule has 3 unspecified atom stereocenters. The summed E-state index contributed by atoms with van der Waals surface area (Å²) in [6.07, 6.45) is 3.22. The average molecular weight is 485 g/mol. The molecule has 0 bridgehead atoms. The highest BCUT2D eigenvalue weighted by Gasteiger charge is 2.52. The molecule has 0 spiro atoms. The standard InChI is InChI=1S/C35H36N2/c1-7-21-35(6)26(5)34-36(29-17-10-8-13-23(29)2)31-20-19-27(33-24(3)14-12-15-25(33)4)22-32(31)37(34)30-18-11-9-16-28(30)35/h7-20,22,26,34H,1,21H2,2-6H3. The van der Waals surface area contributed by atoms with E-state index in [0.717, 1.165) is 6.42 Å². The lowest BCUT2D eigenvalue weighted by Crippen LogP contribution is -2.54. The van der Waals surface area contributed by atoms with E-state index in [0.29, 0.717) is 5.92 Å². The summed E-state index contributed by atoms with van der Waals surface area (Å²) in [5.41, 5.74) is 13.1. The molecule has 4 aromatic carbocycles. The lowest BCUT2D eigenvalue weighted by molar-refractivity contribution is 0.259. The Morgan fingerprint density at radius 3 is 2.05 bits per heavy atom. The maximum atomic E-state index is 4.16. The molecule has 186 valence electrons. The van der Waals surface area contributed by atoms with Crippen LogP contribution in [-0.4, -0.2) is 6.17 Å². The molecule has 0 saturated carbocycles. The van der Waals surface area contributed by atoms with Crippen LogP contribution in [0.4, 0.5) is 22.7 Å². The van der Waals surface area contributed by atoms with Crippen molar-refractivity contribution < 1.29 is 0 Å². The zero-order chi connectivity index (χ0) is 25.9. The third kappa shape index (κ3) is 3.39. The minimum Gasteiger partial charge on any atom is -0.318 e. The zero-order valence-electron chi connectivity index (χ0n) is 22.6. The summed E-state index contributed by atoms with van der Waals surface area (Å²) >= 11 is 0. The summed E-state index contributed by atoms with van der Waals surface area (Å²) < 4.78 is 0. The van der Waals surface area contributed by atoms with Crippen molar-refractivity contribution in [2.24, 2.45) is 5.92 Å². The van der Waals surface area contributed by atoms with E-state index in [2.05, 4.69) is 142 Å². The fourth-order valence-electron chi connectivity index (χ4n) is 6.91. The van der Waals surface area contributed by atoms with Crippen molar-refractivity contribution in [2.45, 2.75) is 52.6 Å². The third-order valence-corrected chi connectivity index (χ3v) is 8.97. The molecular formula is C35H36N2. The molecule has 0 radical (unpaired) electrons. The number of fused-ring (bicyclic) bond motifs is 5. The largest absolute Gasteiger partial charge is 0.318 e. The first-order valence-electron chi connectivity index (χ1n) is 13.4. The zero-order valence-corrected chi connectivity index (χ0v) is 22.6. The summed E-state index contributed by atoms with van der Waals surface area (Å²) in [6, 6.07) is 31.5. The second kappa shape index (κ2) is 8.66. The van der Waals surface area contributed by atoms with Gasteiger partial charge >= 0.3 is 0 Å². The van der Waals surface area contributed by atoms with E-state index >= 15 is 0 Å². The third-order valence-electron chi connectivity index (χ3n) is 8.97. The van der Waals surface area contributed by atoms with Crippen LogP contribution in [0.3, 0.4) is 0 Å². The molecule has 3 atom stereocenters. The van der Waals surface area contributed by atoms with Crippen LogP contribution >= 0.6 is 0 Å². The number of rotatable bonds is 4. The van der Waals surface area contributed by atoms with Gasteiger partial charge in [0.25, 0.3) is 0 Å². The van der Waals surface area contributed by atoms with E-state index in [1.54, 1.807) is 0 Å². The van der Waals surface area contributed by atoms with Gasteiger partial charge in [-0.05, 0) is 84.8 Å². The molecule has 0 amide bonds. The van der Waals surface area contributed by atoms with Gasteiger partial charge in [0.15, 0.2) is 0 Å². The van der Waals surface area contributed by atoms with Crippen molar-refractivity contribution in [1.82, 2.24) is 0 Å². The first-order valence-corrected chi connectivity index (χ1v) is 13.4. The van der Waals surface area contributed by atoms with Gasteiger partial charge in [0.1, 0.15) is 6.17 Å². The Labute approximate surface area is 221 Å². The lowest BCUT2D eigenvalue weighted by Gasteiger charge is -2.51. The summed E-state index contributed by atoms with van der Waals surface area (Å²) in [5, 5.41) is 0. The number of hydrogen-bond acceptors (Lipinski definition) is 2. The van der Waals surface area contributed by atoms with Crippen LogP contribution in [0.1, 0.15) is 42.5 Å². The van der Waals surface area contributed by atoms with Gasteiger partial charge in [-0.2, -0.15) is 0 Å². The van der Waals surface area contributed by atoms with Gasteiger partial charge < -0.3 is 9.80 Å². The molecule has 0 fully saturated rings. The predicted octanol–water partition coefficient (Wildman–Crippen LogP) is 9.38. The van der Waals surface area contributed by atoms with E-state index < -0.39 is 0 Å². The number of benzene rings is 4. The highest BCUT2D eigenvalue weighted by Crippen LogP contribution is 2.59. The Morgan fingerprint density at radius 1 is 0.730 bits per heavy atom. The van der Waals surface area contributed by atoms with Crippen LogP contribution in [0.2, 0.25) is 0 Å². The quantitative estimate of drug-likeness (QED) is 0.266. The second-order valence-corrected chi connectivity index (χ2v) is 11.1. The number of hydrogen-bond donors (Lipinski definition) is 0. The Hall–Kier alpha value is -3.78. The van der Waals surface area contributed by atoms with Crippen LogP contribution in [0.25, 0.3) is 11.1 Å². The molecule has 0 saturated heterocycles. The Morgan fingerprint density at radius 2 is 1.35 bits per heavy atom. The Kier molecular flexibility index (Phi) is 5.53. The van der Waals surface area contributed by atoms with E-state index in [1.807, 2.05) is 0 Å². The Bertz CT molecular complexity index is 1500. The normalized spacial score (nSPS) is 21.9. The van der Waals surface area contributed by atoms with E-state index in [-0.39, 0.29) is 11.6 Å². The maximum Gasteiger partial charge on any atom is 0.114 e. The molecule has 2 aliphatic heterocycles. The molecule has 2 heteroatoms. The SMILES string of the molecule is C=CCC1(C)c2ccccc2N2c3cc(-c4c(C)cccc4C)ccc3N(c3ccccc3C)C2C1C. The number of para-hydroxylation sites is 2. The predicted molar refractivity (Wildman–Crippen MR) is 158 cm³/mol. The van der Waals surface area contributed by atoms with Gasteiger partial charge in [-0.25, -0.2) is 0 Å². The minimum atomic E-state index is -0.0159. The lowest BCUT2D eigenvalue weighted by atomic mass is 9.65. The summed E-state index contributed by atoms with van der Waals surface area (Å²) in [5.74, 6) is 0.357. The first-order chi connectivity index (χ1) is 17.9. The number of nitrogens with zero attached hydrogens (tertiary/aromatic N) is 2. The summed E-state index contributed by atoms with van der Waals surface area (Å²) in [6.45, 7) is 15.7. The molecule has 6 rings (SSSR count). The van der Waals surface area contributed by atoms with E-state index in [1.165, 1.54) is 56.1 Å². The van der Waals surface area contributed by atoms with Gasteiger partial charge in [-0.15, -0.1) is 6.58 Å². The van der Waals surface area contributed by atoms with Crippen molar-refractivity contribution >= 4 is 22.7 Å². The highest BCUT2D eigenvalue weighted by molar-refractivity contribution is 5.93. The molecule has 0 aliphatic carbocycles. The van der Waals surface area contributed by atoms with Crippen LogP contribution in [0.5, 0.6) is 0 Å². The van der Waals surface area contributed by atoms with Gasteiger partial charge in [0.2, 0.25) is 0 Å². The second-order valence-electron chi connectivity index (χ2n) is 11.1. The molecule has 2 nitrogen and oxygen atoms in total. The molecule has 0 N–H and O–H groups in total. The Balaban J connectivity index is 1.65. The molecule has 2 heterocycles. The van der Waals surface area contributed by atoms with E-state index in [9.17, 15) is 0 Å². The topological polar surface area (TPSA) is 6.48 Å². The van der Waals surface area contributed by atoms with Crippen LogP contribution in [0.15, 0.2) is 97.6 Å².